The maximum atomic E-state index is 6.21. The molecule has 2 atom stereocenters. The highest BCUT2D eigenvalue weighted by atomic mass is 16.5. The second-order valence-corrected chi connectivity index (χ2v) is 7.49. The Morgan fingerprint density at radius 3 is 2.09 bits per heavy atom. The van der Waals surface area contributed by atoms with Crippen LogP contribution in [0.5, 0.6) is 0 Å². The Morgan fingerprint density at radius 2 is 1.43 bits per heavy atom. The Hall–Kier alpha value is -1.86. The van der Waals surface area contributed by atoms with Gasteiger partial charge in [0, 0.05) is 12.0 Å². The van der Waals surface area contributed by atoms with Crippen molar-refractivity contribution in [2.75, 3.05) is 6.61 Å². The molecule has 0 N–H and O–H groups in total. The first-order valence-corrected chi connectivity index (χ1v) is 8.79. The van der Waals surface area contributed by atoms with Crippen LogP contribution in [-0.4, -0.2) is 12.2 Å². The van der Waals surface area contributed by atoms with Crippen molar-refractivity contribution in [1.29, 1.82) is 0 Å². The topological polar surface area (TPSA) is 9.23 Å². The summed E-state index contributed by atoms with van der Waals surface area (Å²) in [5, 5.41) is 0. The minimum atomic E-state index is 0.0342. The van der Waals surface area contributed by atoms with Crippen LogP contribution in [-0.2, 0) is 4.74 Å². The molecule has 5 rings (SSSR count). The zero-order chi connectivity index (χ0) is 15.5. The van der Waals surface area contributed by atoms with Gasteiger partial charge in [-0.25, -0.2) is 0 Å². The van der Waals surface area contributed by atoms with Crippen molar-refractivity contribution in [1.82, 2.24) is 0 Å². The number of ether oxygens (including phenoxy) is 1. The number of rotatable bonds is 1. The van der Waals surface area contributed by atoms with Crippen molar-refractivity contribution in [2.45, 2.75) is 38.2 Å². The normalized spacial score (nSPS) is 30.9. The Kier molecular flexibility index (Phi) is 2.70. The van der Waals surface area contributed by atoms with E-state index in [2.05, 4.69) is 61.5 Å². The van der Waals surface area contributed by atoms with Crippen LogP contribution in [0.15, 0.2) is 54.6 Å². The summed E-state index contributed by atoms with van der Waals surface area (Å²) in [4.78, 5) is 0. The van der Waals surface area contributed by atoms with E-state index in [0.717, 1.165) is 13.0 Å². The van der Waals surface area contributed by atoms with E-state index >= 15 is 0 Å². The average molecular weight is 302 g/mol. The number of fused-ring (bicyclic) bond motifs is 4. The van der Waals surface area contributed by atoms with Crippen molar-refractivity contribution in [3.05, 3.63) is 65.7 Å². The molecule has 1 saturated carbocycles. The fourth-order valence-electron chi connectivity index (χ4n) is 5.10. The maximum absolute atomic E-state index is 6.21. The lowest BCUT2D eigenvalue weighted by molar-refractivity contribution is -0.0117. The lowest BCUT2D eigenvalue weighted by Crippen LogP contribution is -2.35. The standard InChI is InChI=1S/C22H22O/c1-21-11-6-12-22(21,13-14-23-21)15-20-18-9-4-2-7-16(18)17-8-3-5-10-19(17)20/h2-5,7-10,15H,6,11-14H2,1H3/t21-,22-/m0/s1. The molecule has 0 spiro atoms. The van der Waals surface area contributed by atoms with Crippen LogP contribution in [0.4, 0.5) is 0 Å². The van der Waals surface area contributed by atoms with Gasteiger partial charge in [0.05, 0.1) is 5.60 Å². The van der Waals surface area contributed by atoms with E-state index in [9.17, 15) is 0 Å². The molecule has 0 amide bonds. The fraction of sp³-hybridized carbons (Fsp3) is 0.364. The zero-order valence-corrected chi connectivity index (χ0v) is 13.6. The summed E-state index contributed by atoms with van der Waals surface area (Å²) in [5.74, 6) is 0. The SMILES string of the molecule is C[C@]12CCC[C@@]1(C=C1c3ccccc3-c3ccccc31)CCO2. The summed E-state index contributed by atoms with van der Waals surface area (Å²) < 4.78 is 6.21. The van der Waals surface area contributed by atoms with E-state index in [1.54, 1.807) is 0 Å². The van der Waals surface area contributed by atoms with Gasteiger partial charge in [-0.2, -0.15) is 0 Å². The lowest BCUT2D eigenvalue weighted by atomic mass is 9.73. The van der Waals surface area contributed by atoms with Gasteiger partial charge in [-0.1, -0.05) is 54.6 Å². The molecule has 2 aromatic carbocycles. The summed E-state index contributed by atoms with van der Waals surface area (Å²) in [7, 11) is 0. The summed E-state index contributed by atoms with van der Waals surface area (Å²) in [6.07, 6.45) is 7.48. The van der Waals surface area contributed by atoms with Gasteiger partial charge in [0.15, 0.2) is 0 Å². The van der Waals surface area contributed by atoms with Gasteiger partial charge in [0.1, 0.15) is 0 Å². The molecular formula is C22H22O. The zero-order valence-electron chi connectivity index (χ0n) is 13.6. The van der Waals surface area contributed by atoms with E-state index in [1.165, 1.54) is 47.1 Å². The van der Waals surface area contributed by atoms with Crippen LogP contribution < -0.4 is 0 Å². The van der Waals surface area contributed by atoms with Crippen molar-refractivity contribution >= 4 is 5.57 Å². The van der Waals surface area contributed by atoms with Gasteiger partial charge in [-0.3, -0.25) is 0 Å². The van der Waals surface area contributed by atoms with Crippen molar-refractivity contribution < 1.29 is 4.74 Å². The molecule has 0 unspecified atom stereocenters. The van der Waals surface area contributed by atoms with Crippen LogP contribution in [0.3, 0.4) is 0 Å². The minimum absolute atomic E-state index is 0.0342. The van der Waals surface area contributed by atoms with Gasteiger partial charge in [-0.15, -0.1) is 0 Å². The first-order chi connectivity index (χ1) is 11.2. The highest BCUT2D eigenvalue weighted by Gasteiger charge is 2.55. The Labute approximate surface area is 138 Å². The summed E-state index contributed by atoms with van der Waals surface area (Å²) in [5.41, 5.74) is 7.22. The average Bonchev–Trinajstić information content (AvgIpc) is 3.16. The van der Waals surface area contributed by atoms with Crippen LogP contribution in [0, 0.1) is 5.41 Å². The van der Waals surface area contributed by atoms with Gasteiger partial charge < -0.3 is 4.74 Å². The second kappa shape index (κ2) is 4.58. The molecular weight excluding hydrogens is 280 g/mol. The summed E-state index contributed by atoms with van der Waals surface area (Å²) in [6, 6.07) is 17.7. The summed E-state index contributed by atoms with van der Waals surface area (Å²) >= 11 is 0. The predicted molar refractivity (Wildman–Crippen MR) is 94.2 cm³/mol. The highest BCUT2D eigenvalue weighted by molar-refractivity contribution is 6.01. The molecule has 2 aliphatic carbocycles. The molecule has 1 aliphatic heterocycles. The quantitative estimate of drug-likeness (QED) is 0.581. The number of benzene rings is 2. The third-order valence-electron chi connectivity index (χ3n) is 6.44. The van der Waals surface area contributed by atoms with Crippen molar-refractivity contribution in [3.8, 4) is 11.1 Å². The molecule has 0 bridgehead atoms. The molecule has 1 heterocycles. The number of hydrogen-bond acceptors (Lipinski definition) is 1. The van der Waals surface area contributed by atoms with Crippen LogP contribution in [0.1, 0.15) is 43.7 Å². The molecule has 1 nitrogen and oxygen atoms in total. The minimum Gasteiger partial charge on any atom is -0.374 e. The van der Waals surface area contributed by atoms with Gasteiger partial charge in [-0.05, 0) is 60.4 Å². The van der Waals surface area contributed by atoms with E-state index < -0.39 is 0 Å². The second-order valence-electron chi connectivity index (χ2n) is 7.49. The smallest absolute Gasteiger partial charge is 0.0745 e. The van der Waals surface area contributed by atoms with Gasteiger partial charge in [0.25, 0.3) is 0 Å². The maximum Gasteiger partial charge on any atom is 0.0745 e. The Bertz CT molecular complexity index is 757. The third-order valence-corrected chi connectivity index (χ3v) is 6.44. The third kappa shape index (κ3) is 1.72. The van der Waals surface area contributed by atoms with E-state index in [0.29, 0.717) is 0 Å². The van der Waals surface area contributed by atoms with Crippen molar-refractivity contribution in [2.24, 2.45) is 5.41 Å². The molecule has 0 radical (unpaired) electrons. The van der Waals surface area contributed by atoms with Crippen LogP contribution >= 0.6 is 0 Å². The van der Waals surface area contributed by atoms with Crippen molar-refractivity contribution in [3.63, 3.8) is 0 Å². The fourth-order valence-corrected chi connectivity index (χ4v) is 5.10. The largest absolute Gasteiger partial charge is 0.374 e. The lowest BCUT2D eigenvalue weighted by Gasteiger charge is -2.34. The molecule has 2 fully saturated rings. The van der Waals surface area contributed by atoms with Crippen LogP contribution in [0.2, 0.25) is 0 Å². The molecule has 23 heavy (non-hydrogen) atoms. The monoisotopic (exact) mass is 302 g/mol. The van der Waals surface area contributed by atoms with Crippen LogP contribution in [0.25, 0.3) is 16.7 Å². The Morgan fingerprint density at radius 1 is 0.826 bits per heavy atom. The predicted octanol–water partition coefficient (Wildman–Crippen LogP) is 5.45. The summed E-state index contributed by atoms with van der Waals surface area (Å²) in [6.45, 7) is 3.24. The first kappa shape index (κ1) is 13.6. The molecule has 1 heteroatoms. The Balaban J connectivity index is 1.75. The highest BCUT2D eigenvalue weighted by Crippen LogP contribution is 2.58. The van der Waals surface area contributed by atoms with Gasteiger partial charge >= 0.3 is 0 Å². The van der Waals surface area contributed by atoms with Gasteiger partial charge in [0.2, 0.25) is 0 Å². The van der Waals surface area contributed by atoms with E-state index in [1.807, 2.05) is 0 Å². The first-order valence-electron chi connectivity index (χ1n) is 8.79. The van der Waals surface area contributed by atoms with E-state index in [-0.39, 0.29) is 11.0 Å². The molecule has 1 saturated heterocycles. The molecule has 0 aromatic heterocycles. The molecule has 116 valence electrons. The molecule has 2 aromatic rings. The number of hydrogen-bond donors (Lipinski definition) is 0. The molecule has 3 aliphatic rings. The van der Waals surface area contributed by atoms with E-state index in [4.69, 9.17) is 4.74 Å².